The van der Waals surface area contributed by atoms with Gasteiger partial charge in [0.1, 0.15) is 5.56 Å². The first-order valence-corrected chi connectivity index (χ1v) is 6.90. The van der Waals surface area contributed by atoms with Crippen LogP contribution in [0.5, 0.6) is 0 Å². The molecular formula is C13H4BrClF6N2. The van der Waals surface area contributed by atoms with Crippen LogP contribution in [0.15, 0.2) is 28.7 Å². The van der Waals surface area contributed by atoms with Gasteiger partial charge in [0.25, 0.3) is 0 Å². The minimum Gasteiger partial charge on any atom is -0.240 e. The fourth-order valence-corrected chi connectivity index (χ4v) is 2.98. The highest BCUT2D eigenvalue weighted by atomic mass is 79.9. The van der Waals surface area contributed by atoms with E-state index >= 15 is 0 Å². The molecular weight excluding hydrogens is 414 g/mol. The highest BCUT2D eigenvalue weighted by Gasteiger charge is 2.50. The molecule has 2 nitrogen and oxygen atoms in total. The fraction of sp³-hybridized carbons (Fsp3) is 0.154. The lowest BCUT2D eigenvalue weighted by molar-refractivity contribution is -0.165. The molecule has 0 aliphatic rings. The van der Waals surface area contributed by atoms with Crippen molar-refractivity contribution < 1.29 is 26.3 Å². The molecule has 0 fully saturated rings. The van der Waals surface area contributed by atoms with Crippen molar-refractivity contribution in [1.82, 2.24) is 4.57 Å². The summed E-state index contributed by atoms with van der Waals surface area (Å²) < 4.78 is 77.5. The van der Waals surface area contributed by atoms with Gasteiger partial charge >= 0.3 is 12.4 Å². The molecule has 122 valence electrons. The molecule has 0 saturated carbocycles. The SMILES string of the molecule is N#Cn1c(-c2ccc(Cl)cc2)c(Br)c(C(F)(F)F)c1C(F)(F)F. The van der Waals surface area contributed by atoms with Crippen LogP contribution in [0.3, 0.4) is 0 Å². The van der Waals surface area contributed by atoms with Crippen LogP contribution in [0, 0.1) is 11.5 Å². The summed E-state index contributed by atoms with van der Waals surface area (Å²) in [5, 5.41) is 9.22. The zero-order valence-corrected chi connectivity index (χ0v) is 13.1. The molecule has 0 bridgehead atoms. The maximum Gasteiger partial charge on any atom is 0.433 e. The predicted molar refractivity (Wildman–Crippen MR) is 73.6 cm³/mol. The molecule has 0 atom stereocenters. The Balaban J connectivity index is 2.92. The second kappa shape index (κ2) is 5.76. The van der Waals surface area contributed by atoms with Crippen LogP contribution in [0.25, 0.3) is 11.3 Å². The van der Waals surface area contributed by atoms with Gasteiger partial charge in [-0.2, -0.15) is 31.6 Å². The molecule has 2 aromatic rings. The fourth-order valence-electron chi connectivity index (χ4n) is 2.03. The van der Waals surface area contributed by atoms with E-state index in [-0.39, 0.29) is 15.2 Å². The molecule has 0 unspecified atom stereocenters. The molecule has 0 spiro atoms. The monoisotopic (exact) mass is 416 g/mol. The van der Waals surface area contributed by atoms with Gasteiger partial charge in [-0.15, -0.1) is 0 Å². The first-order chi connectivity index (χ1) is 10.5. The van der Waals surface area contributed by atoms with Crippen LogP contribution < -0.4 is 0 Å². The standard InChI is InChI=1S/C13H4BrClF6N2/c14-9-8(12(16,17)18)11(13(19,20)21)23(5-22)10(9)6-1-3-7(15)4-2-6/h1-4H. The quantitative estimate of drug-likeness (QED) is 0.528. The third-order valence-electron chi connectivity index (χ3n) is 2.88. The molecule has 10 heteroatoms. The maximum absolute atomic E-state index is 13.1. The minimum atomic E-state index is -5.37. The number of hydrogen-bond acceptors (Lipinski definition) is 1. The molecule has 0 radical (unpaired) electrons. The third kappa shape index (κ3) is 3.19. The average Bonchev–Trinajstić information content (AvgIpc) is 2.72. The second-order valence-electron chi connectivity index (χ2n) is 4.32. The lowest BCUT2D eigenvalue weighted by Crippen LogP contribution is -2.18. The zero-order chi connectivity index (χ0) is 17.6. The Kier molecular flexibility index (Phi) is 4.43. The van der Waals surface area contributed by atoms with E-state index < -0.39 is 33.8 Å². The van der Waals surface area contributed by atoms with E-state index in [4.69, 9.17) is 16.9 Å². The van der Waals surface area contributed by atoms with Crippen LogP contribution in [-0.4, -0.2) is 4.57 Å². The first-order valence-electron chi connectivity index (χ1n) is 5.73. The Bertz CT molecular complexity index is 783. The molecule has 0 aliphatic carbocycles. The van der Waals surface area contributed by atoms with Gasteiger partial charge in [0.15, 0.2) is 11.9 Å². The van der Waals surface area contributed by atoms with Crippen molar-refractivity contribution >= 4 is 27.5 Å². The van der Waals surface area contributed by atoms with Crippen LogP contribution in [-0.2, 0) is 12.4 Å². The maximum atomic E-state index is 13.1. The highest BCUT2D eigenvalue weighted by Crippen LogP contribution is 2.49. The number of nitriles is 1. The molecule has 1 heterocycles. The largest absolute Gasteiger partial charge is 0.433 e. The van der Waals surface area contributed by atoms with E-state index in [1.807, 2.05) is 0 Å². The molecule has 1 aromatic carbocycles. The number of hydrogen-bond donors (Lipinski definition) is 0. The summed E-state index contributed by atoms with van der Waals surface area (Å²) in [6.07, 6.45) is -9.52. The van der Waals surface area contributed by atoms with Gasteiger partial charge in [-0.05, 0) is 28.1 Å². The van der Waals surface area contributed by atoms with E-state index in [9.17, 15) is 26.3 Å². The van der Waals surface area contributed by atoms with Gasteiger partial charge in [0.2, 0.25) is 0 Å². The minimum absolute atomic E-state index is 0.0242. The smallest absolute Gasteiger partial charge is 0.240 e. The van der Waals surface area contributed by atoms with E-state index in [1.54, 1.807) is 0 Å². The number of halogens is 8. The van der Waals surface area contributed by atoms with Crippen molar-refractivity contribution in [2.24, 2.45) is 0 Å². The normalized spacial score (nSPS) is 12.3. The highest BCUT2D eigenvalue weighted by molar-refractivity contribution is 9.10. The topological polar surface area (TPSA) is 28.7 Å². The summed E-state index contributed by atoms with van der Waals surface area (Å²) in [5.74, 6) is 0. The number of benzene rings is 1. The molecule has 0 aliphatic heterocycles. The molecule has 0 saturated heterocycles. The molecule has 23 heavy (non-hydrogen) atoms. The lowest BCUT2D eigenvalue weighted by Gasteiger charge is -2.12. The summed E-state index contributed by atoms with van der Waals surface area (Å²) in [6, 6.07) is 5.02. The number of rotatable bonds is 1. The van der Waals surface area contributed by atoms with Gasteiger partial charge in [-0.3, -0.25) is 0 Å². The van der Waals surface area contributed by atoms with Gasteiger partial charge in [0.05, 0.1) is 10.2 Å². The van der Waals surface area contributed by atoms with E-state index in [2.05, 4.69) is 15.9 Å². The molecule has 0 amide bonds. The lowest BCUT2D eigenvalue weighted by atomic mass is 10.1. The van der Waals surface area contributed by atoms with Gasteiger partial charge in [-0.25, -0.2) is 4.57 Å². The molecule has 2 rings (SSSR count). The Morgan fingerprint density at radius 2 is 1.52 bits per heavy atom. The Morgan fingerprint density at radius 3 is 1.91 bits per heavy atom. The van der Waals surface area contributed by atoms with Crippen molar-refractivity contribution in [3.8, 4) is 17.5 Å². The van der Waals surface area contributed by atoms with Crippen LogP contribution in [0.1, 0.15) is 11.3 Å². The Morgan fingerprint density at radius 1 is 1.00 bits per heavy atom. The van der Waals surface area contributed by atoms with E-state index in [0.717, 1.165) is 6.19 Å². The van der Waals surface area contributed by atoms with Crippen molar-refractivity contribution in [1.29, 1.82) is 5.26 Å². The van der Waals surface area contributed by atoms with Crippen molar-refractivity contribution in [2.75, 3.05) is 0 Å². The summed E-state index contributed by atoms with van der Waals surface area (Å²) in [4.78, 5) is 0. The summed E-state index contributed by atoms with van der Waals surface area (Å²) in [7, 11) is 0. The summed E-state index contributed by atoms with van der Waals surface area (Å²) in [6.45, 7) is 0. The van der Waals surface area contributed by atoms with Crippen molar-refractivity contribution in [2.45, 2.75) is 12.4 Å². The van der Waals surface area contributed by atoms with Crippen LogP contribution in [0.4, 0.5) is 26.3 Å². The second-order valence-corrected chi connectivity index (χ2v) is 5.55. The molecule has 0 N–H and O–H groups in total. The van der Waals surface area contributed by atoms with Crippen molar-refractivity contribution in [3.05, 3.63) is 45.0 Å². The summed E-state index contributed by atoms with van der Waals surface area (Å²) >= 11 is 8.20. The van der Waals surface area contributed by atoms with Gasteiger partial charge in [0, 0.05) is 10.6 Å². The Hall–Kier alpha value is -1.66. The van der Waals surface area contributed by atoms with E-state index in [1.165, 1.54) is 24.3 Å². The van der Waals surface area contributed by atoms with Gasteiger partial charge < -0.3 is 0 Å². The van der Waals surface area contributed by atoms with Crippen LogP contribution in [0.2, 0.25) is 5.02 Å². The number of aromatic nitrogens is 1. The molecule has 1 aromatic heterocycles. The zero-order valence-electron chi connectivity index (χ0n) is 10.7. The van der Waals surface area contributed by atoms with Crippen LogP contribution >= 0.6 is 27.5 Å². The first kappa shape index (κ1) is 17.7. The van der Waals surface area contributed by atoms with Crippen molar-refractivity contribution in [3.63, 3.8) is 0 Å². The number of alkyl halides is 6. The Labute approximate surface area is 139 Å². The van der Waals surface area contributed by atoms with Gasteiger partial charge in [-0.1, -0.05) is 23.7 Å². The summed E-state index contributed by atoms with van der Waals surface area (Å²) in [5.41, 5.74) is -4.60. The van der Waals surface area contributed by atoms with E-state index in [0.29, 0.717) is 0 Å². The number of nitrogens with zero attached hydrogens (tertiary/aromatic N) is 2. The average molecular weight is 418 g/mol. The predicted octanol–water partition coefficient (Wildman–Crippen LogP) is 5.94. The third-order valence-corrected chi connectivity index (χ3v) is 3.91.